The van der Waals surface area contributed by atoms with Gasteiger partial charge in [0.1, 0.15) is 17.1 Å². The monoisotopic (exact) mass is 504 g/mol. The number of sulfonamides is 1. The Hall–Kier alpha value is -4.08. The Morgan fingerprint density at radius 1 is 0.889 bits per heavy atom. The van der Waals surface area contributed by atoms with Crippen LogP contribution >= 0.6 is 0 Å². The van der Waals surface area contributed by atoms with E-state index in [9.17, 15) is 13.2 Å². The van der Waals surface area contributed by atoms with Gasteiger partial charge in [0.15, 0.2) is 5.76 Å². The number of hydrogen-bond donors (Lipinski definition) is 1. The molecule has 5 rings (SSSR count). The van der Waals surface area contributed by atoms with Gasteiger partial charge in [-0.25, -0.2) is 8.42 Å². The summed E-state index contributed by atoms with van der Waals surface area (Å²) in [7, 11) is -3.90. The predicted octanol–water partition coefficient (Wildman–Crippen LogP) is 5.88. The van der Waals surface area contributed by atoms with Gasteiger partial charge in [0, 0.05) is 16.6 Å². The van der Waals surface area contributed by atoms with Crippen molar-refractivity contribution in [3.05, 3.63) is 108 Å². The zero-order valence-electron chi connectivity index (χ0n) is 19.7. The molecule has 0 atom stereocenters. The number of nitrogens with zero attached hydrogens (tertiary/aromatic N) is 1. The van der Waals surface area contributed by atoms with Crippen LogP contribution in [-0.4, -0.2) is 18.6 Å². The molecule has 0 saturated carbocycles. The zero-order valence-corrected chi connectivity index (χ0v) is 20.5. The molecular formula is C27H24N2O6S. The average Bonchev–Trinajstić information content (AvgIpc) is 3.61. The number of anilines is 1. The van der Waals surface area contributed by atoms with Gasteiger partial charge in [-0.05, 0) is 74.0 Å². The SMILES string of the molecule is Cc1ccc2c(C)c(C(=O)Nc3ccc(S(=O)(=O)N(Cc4ccco4)Cc4ccco4)cc3)oc2c1. The van der Waals surface area contributed by atoms with Crippen LogP contribution in [0.3, 0.4) is 0 Å². The standard InChI is InChI=1S/C27H24N2O6S/c1-18-7-12-24-19(2)26(35-25(24)15-18)27(30)28-20-8-10-23(11-9-20)36(31,32)29(16-21-5-3-13-33-21)17-22-6-4-14-34-22/h3-15H,16-17H2,1-2H3,(H,28,30). The van der Waals surface area contributed by atoms with Gasteiger partial charge in [-0.1, -0.05) is 12.1 Å². The van der Waals surface area contributed by atoms with Gasteiger partial charge >= 0.3 is 0 Å². The fourth-order valence-corrected chi connectivity index (χ4v) is 5.35. The minimum Gasteiger partial charge on any atom is -0.468 e. The maximum Gasteiger partial charge on any atom is 0.291 e. The van der Waals surface area contributed by atoms with Gasteiger partial charge in [-0.2, -0.15) is 4.31 Å². The molecule has 0 spiro atoms. The highest BCUT2D eigenvalue weighted by atomic mass is 32.2. The molecular weight excluding hydrogens is 480 g/mol. The molecule has 0 aliphatic carbocycles. The fourth-order valence-electron chi connectivity index (χ4n) is 3.98. The minimum absolute atomic E-state index is 0.0410. The Morgan fingerprint density at radius 2 is 1.53 bits per heavy atom. The predicted molar refractivity (Wildman–Crippen MR) is 134 cm³/mol. The second kappa shape index (κ2) is 9.52. The molecule has 36 heavy (non-hydrogen) atoms. The van der Waals surface area contributed by atoms with Crippen molar-refractivity contribution in [1.82, 2.24) is 4.31 Å². The molecule has 3 heterocycles. The molecule has 0 fully saturated rings. The molecule has 5 aromatic rings. The van der Waals surface area contributed by atoms with Crippen molar-refractivity contribution in [2.24, 2.45) is 0 Å². The maximum atomic E-state index is 13.5. The van der Waals surface area contributed by atoms with Crippen LogP contribution in [0, 0.1) is 13.8 Å². The third kappa shape index (κ3) is 4.71. The van der Waals surface area contributed by atoms with Gasteiger partial charge in [0.2, 0.25) is 10.0 Å². The second-order valence-electron chi connectivity index (χ2n) is 8.47. The van der Waals surface area contributed by atoms with Gasteiger partial charge in [0.05, 0.1) is 30.5 Å². The van der Waals surface area contributed by atoms with Crippen molar-refractivity contribution < 1.29 is 26.5 Å². The van der Waals surface area contributed by atoms with E-state index in [4.69, 9.17) is 13.3 Å². The summed E-state index contributed by atoms with van der Waals surface area (Å²) >= 11 is 0. The summed E-state index contributed by atoms with van der Waals surface area (Å²) in [5, 5.41) is 3.66. The van der Waals surface area contributed by atoms with Gasteiger partial charge in [-0.3, -0.25) is 4.79 Å². The summed E-state index contributed by atoms with van der Waals surface area (Å²) in [4.78, 5) is 13.0. The van der Waals surface area contributed by atoms with Crippen LogP contribution < -0.4 is 5.32 Å². The van der Waals surface area contributed by atoms with E-state index < -0.39 is 15.9 Å². The van der Waals surface area contributed by atoms with E-state index in [1.165, 1.54) is 29.0 Å². The highest BCUT2D eigenvalue weighted by Crippen LogP contribution is 2.28. The summed E-state index contributed by atoms with van der Waals surface area (Å²) in [6, 6.07) is 18.6. The van der Waals surface area contributed by atoms with E-state index in [2.05, 4.69) is 5.32 Å². The lowest BCUT2D eigenvalue weighted by Gasteiger charge is -2.20. The summed E-state index contributed by atoms with van der Waals surface area (Å²) in [5.74, 6) is 0.820. The first-order valence-electron chi connectivity index (χ1n) is 11.3. The molecule has 1 amide bonds. The molecule has 0 unspecified atom stereocenters. The average molecular weight is 505 g/mol. The smallest absolute Gasteiger partial charge is 0.291 e. The van der Waals surface area contributed by atoms with Crippen LogP contribution in [0.5, 0.6) is 0 Å². The number of aryl methyl sites for hydroxylation is 2. The van der Waals surface area contributed by atoms with Crippen molar-refractivity contribution in [1.29, 1.82) is 0 Å². The summed E-state index contributed by atoms with van der Waals surface area (Å²) in [5.41, 5.74) is 2.87. The molecule has 0 aliphatic rings. The van der Waals surface area contributed by atoms with Crippen LogP contribution in [0.25, 0.3) is 11.0 Å². The fraction of sp³-hybridized carbons (Fsp3) is 0.148. The third-order valence-electron chi connectivity index (χ3n) is 5.87. The topological polar surface area (TPSA) is 106 Å². The number of rotatable bonds is 8. The number of nitrogens with one attached hydrogen (secondary N) is 1. The molecule has 2 aromatic carbocycles. The van der Waals surface area contributed by atoms with Gasteiger partial charge in [0.25, 0.3) is 5.91 Å². The first-order valence-corrected chi connectivity index (χ1v) is 12.7. The van der Waals surface area contributed by atoms with Gasteiger partial charge < -0.3 is 18.6 Å². The van der Waals surface area contributed by atoms with Gasteiger partial charge in [-0.15, -0.1) is 0 Å². The van der Waals surface area contributed by atoms with E-state index >= 15 is 0 Å². The summed E-state index contributed by atoms with van der Waals surface area (Å²) < 4.78 is 44.7. The van der Waals surface area contributed by atoms with Crippen LogP contribution in [0.2, 0.25) is 0 Å². The Bertz CT molecular complexity index is 1560. The van der Waals surface area contributed by atoms with Crippen LogP contribution in [-0.2, 0) is 23.1 Å². The van der Waals surface area contributed by atoms with Crippen molar-refractivity contribution in [2.75, 3.05) is 5.32 Å². The molecule has 1 N–H and O–H groups in total. The number of furan rings is 3. The van der Waals surface area contributed by atoms with Crippen molar-refractivity contribution in [3.63, 3.8) is 0 Å². The van der Waals surface area contributed by atoms with Crippen LogP contribution in [0.1, 0.15) is 33.2 Å². The quantitative estimate of drug-likeness (QED) is 0.283. The number of carbonyl (C=O) groups excluding carboxylic acids is 1. The van der Waals surface area contributed by atoms with Crippen LogP contribution in [0.15, 0.2) is 97.4 Å². The Morgan fingerprint density at radius 3 is 2.11 bits per heavy atom. The Kier molecular flexibility index (Phi) is 6.26. The molecule has 9 heteroatoms. The molecule has 0 saturated heterocycles. The first kappa shape index (κ1) is 23.7. The number of carbonyl (C=O) groups is 1. The number of amides is 1. The number of fused-ring (bicyclic) bond motifs is 1. The molecule has 0 aliphatic heterocycles. The maximum absolute atomic E-state index is 13.5. The van der Waals surface area contributed by atoms with E-state index in [1.807, 2.05) is 32.0 Å². The number of benzene rings is 2. The van der Waals surface area contributed by atoms with E-state index in [0.717, 1.165) is 16.5 Å². The molecule has 184 valence electrons. The zero-order chi connectivity index (χ0) is 25.3. The second-order valence-corrected chi connectivity index (χ2v) is 10.4. The lowest BCUT2D eigenvalue weighted by Crippen LogP contribution is -2.30. The molecule has 3 aromatic heterocycles. The largest absolute Gasteiger partial charge is 0.468 e. The lowest BCUT2D eigenvalue weighted by atomic mass is 10.1. The first-order chi connectivity index (χ1) is 17.3. The lowest BCUT2D eigenvalue weighted by molar-refractivity contribution is 0.0998. The highest BCUT2D eigenvalue weighted by Gasteiger charge is 2.27. The molecule has 0 radical (unpaired) electrons. The normalized spacial score (nSPS) is 11.9. The summed E-state index contributed by atoms with van der Waals surface area (Å²) in [6.45, 7) is 3.87. The minimum atomic E-state index is -3.90. The van der Waals surface area contributed by atoms with E-state index in [0.29, 0.717) is 22.8 Å². The third-order valence-corrected chi connectivity index (χ3v) is 7.68. The molecule has 8 nitrogen and oxygen atoms in total. The summed E-state index contributed by atoms with van der Waals surface area (Å²) in [6.07, 6.45) is 2.99. The Balaban J connectivity index is 1.36. The van der Waals surface area contributed by atoms with Crippen molar-refractivity contribution in [3.8, 4) is 0 Å². The Labute approximate surface area is 208 Å². The van der Waals surface area contributed by atoms with Crippen molar-refractivity contribution >= 4 is 32.6 Å². The molecule has 0 bridgehead atoms. The van der Waals surface area contributed by atoms with Crippen LogP contribution in [0.4, 0.5) is 5.69 Å². The number of hydrogen-bond acceptors (Lipinski definition) is 6. The van der Waals surface area contributed by atoms with E-state index in [1.54, 1.807) is 36.4 Å². The van der Waals surface area contributed by atoms with Crippen molar-refractivity contribution in [2.45, 2.75) is 31.8 Å². The van der Waals surface area contributed by atoms with E-state index in [-0.39, 0.29) is 23.7 Å². The highest BCUT2D eigenvalue weighted by molar-refractivity contribution is 7.89.